The number of aromatic nitrogens is 2. The van der Waals surface area contributed by atoms with Gasteiger partial charge in [-0.1, -0.05) is 0 Å². The molecule has 0 spiro atoms. The number of rotatable bonds is 7. The third-order valence-electron chi connectivity index (χ3n) is 4.23. The first kappa shape index (κ1) is 25.9. The van der Waals surface area contributed by atoms with E-state index in [0.717, 1.165) is 24.3 Å². The van der Waals surface area contributed by atoms with E-state index < -0.39 is 73.6 Å². The number of carbonyl (C=O) groups is 1. The number of aromatic carboxylic acids is 1. The van der Waals surface area contributed by atoms with Crippen molar-refractivity contribution in [2.24, 2.45) is 10.2 Å². The fourth-order valence-corrected chi connectivity index (χ4v) is 4.44. The van der Waals surface area contributed by atoms with Crippen LogP contribution in [0.1, 0.15) is 10.5 Å². The van der Waals surface area contributed by atoms with Crippen molar-refractivity contribution in [2.75, 3.05) is 0 Å². The van der Waals surface area contributed by atoms with Crippen molar-refractivity contribution < 1.29 is 48.8 Å². The molecule has 19 heteroatoms. The van der Waals surface area contributed by atoms with Gasteiger partial charge in [0.25, 0.3) is 35.9 Å². The zero-order valence-electron chi connectivity index (χ0n) is 16.7. The molecule has 1 aromatic heterocycles. The fraction of sp³-hybridized carbons (Fsp3) is 0. The third kappa shape index (κ3) is 5.50. The van der Waals surface area contributed by atoms with Gasteiger partial charge in [0.15, 0.2) is 11.4 Å². The van der Waals surface area contributed by atoms with E-state index in [-0.39, 0.29) is 5.69 Å². The molecule has 0 amide bonds. The van der Waals surface area contributed by atoms with Gasteiger partial charge in [0.05, 0.1) is 21.2 Å². The second-order valence-electron chi connectivity index (χ2n) is 6.53. The third-order valence-corrected chi connectivity index (χ3v) is 6.83. The predicted octanol–water partition coefficient (Wildman–Crippen LogP) is 1.02. The molecule has 3 rings (SSSR count). The van der Waals surface area contributed by atoms with Crippen LogP contribution >= 0.6 is 0 Å². The molecular weight excluding hydrogens is 536 g/mol. The predicted molar refractivity (Wildman–Crippen MR) is 113 cm³/mol. The Balaban J connectivity index is 2.19. The van der Waals surface area contributed by atoms with Gasteiger partial charge in [-0.25, -0.2) is 9.48 Å². The van der Waals surface area contributed by atoms with Gasteiger partial charge in [0, 0.05) is 0 Å². The summed E-state index contributed by atoms with van der Waals surface area (Å²) in [4.78, 5) is 21.8. The van der Waals surface area contributed by atoms with Crippen molar-refractivity contribution in [1.29, 1.82) is 0 Å². The number of carboxylic acid groups (broad SMARTS) is 1. The molecule has 0 bridgehead atoms. The maximum absolute atomic E-state index is 12.8. The van der Waals surface area contributed by atoms with E-state index in [1.54, 1.807) is 0 Å². The molecule has 0 aliphatic heterocycles. The monoisotopic (exact) mass is 548 g/mol. The second-order valence-corrected chi connectivity index (χ2v) is 10.8. The number of hydrogen-bond donors (Lipinski definition) is 5. The molecule has 0 saturated heterocycles. The van der Waals surface area contributed by atoms with Gasteiger partial charge in [0.2, 0.25) is 0 Å². The highest BCUT2D eigenvalue weighted by molar-refractivity contribution is 7.86. The van der Waals surface area contributed by atoms with Crippen LogP contribution in [0.25, 0.3) is 5.69 Å². The molecule has 35 heavy (non-hydrogen) atoms. The molecule has 5 N–H and O–H groups in total. The maximum Gasteiger partial charge on any atom is 0.356 e. The summed E-state index contributed by atoms with van der Waals surface area (Å²) in [5, 5.41) is 18.6. The zero-order chi connectivity index (χ0) is 26.3. The van der Waals surface area contributed by atoms with Gasteiger partial charge in [0.1, 0.15) is 4.90 Å². The summed E-state index contributed by atoms with van der Waals surface area (Å²) >= 11 is 0. The minimum atomic E-state index is -5.20. The Morgan fingerprint density at radius 3 is 1.83 bits per heavy atom. The lowest BCUT2D eigenvalue weighted by Crippen LogP contribution is -2.18. The van der Waals surface area contributed by atoms with Crippen molar-refractivity contribution in [3.8, 4) is 5.69 Å². The number of nitrogens with zero attached hydrogens (tertiary/aromatic N) is 3. The molecular formula is C16H12N4O12S3. The first-order valence-electron chi connectivity index (χ1n) is 8.67. The summed E-state index contributed by atoms with van der Waals surface area (Å²) in [6, 6.07) is 5.77. The number of carboxylic acids is 1. The van der Waals surface area contributed by atoms with Crippen LogP contribution in [0.15, 0.2) is 72.2 Å². The average Bonchev–Trinajstić information content (AvgIpc) is 3.06. The number of H-pyrrole nitrogens is 1. The highest BCUT2D eigenvalue weighted by Crippen LogP contribution is 2.25. The normalized spacial score (nSPS) is 12.8. The van der Waals surface area contributed by atoms with Crippen LogP contribution in [0, 0.1) is 0 Å². The Kier molecular flexibility index (Phi) is 6.50. The number of hydrogen-bond acceptors (Lipinski definition) is 10. The number of nitrogens with one attached hydrogen (secondary N) is 1. The van der Waals surface area contributed by atoms with E-state index in [0.29, 0.717) is 22.9 Å². The van der Waals surface area contributed by atoms with Crippen LogP contribution in [0.4, 0.5) is 11.4 Å². The lowest BCUT2D eigenvalue weighted by molar-refractivity contribution is 0.0690. The summed E-state index contributed by atoms with van der Waals surface area (Å²) in [7, 11) is -14.6. The molecule has 16 nitrogen and oxygen atoms in total. The van der Waals surface area contributed by atoms with Crippen molar-refractivity contribution in [2.45, 2.75) is 14.7 Å². The Bertz CT molecular complexity index is 1750. The van der Waals surface area contributed by atoms with E-state index >= 15 is 0 Å². The van der Waals surface area contributed by atoms with E-state index in [2.05, 4.69) is 15.3 Å². The first-order valence-corrected chi connectivity index (χ1v) is 13.0. The summed E-state index contributed by atoms with van der Waals surface area (Å²) in [5.41, 5.74) is -3.81. The Labute approximate surface area is 195 Å². The van der Waals surface area contributed by atoms with Crippen molar-refractivity contribution in [3.63, 3.8) is 0 Å². The molecule has 3 aromatic rings. The quantitative estimate of drug-likeness (QED) is 0.205. The smallest absolute Gasteiger partial charge is 0.356 e. The molecule has 0 saturated carbocycles. The van der Waals surface area contributed by atoms with Crippen LogP contribution in [0.2, 0.25) is 0 Å². The summed E-state index contributed by atoms with van der Waals surface area (Å²) in [6.07, 6.45) is 0. The molecule has 0 unspecified atom stereocenters. The highest BCUT2D eigenvalue weighted by Gasteiger charge is 2.26. The van der Waals surface area contributed by atoms with Gasteiger partial charge in [-0.05, 0) is 42.5 Å². The minimum Gasteiger partial charge on any atom is -0.476 e. The van der Waals surface area contributed by atoms with Crippen molar-refractivity contribution in [3.05, 3.63) is 58.5 Å². The largest absolute Gasteiger partial charge is 0.476 e. The summed E-state index contributed by atoms with van der Waals surface area (Å²) in [6.45, 7) is 0. The van der Waals surface area contributed by atoms with Crippen molar-refractivity contribution in [1.82, 2.24) is 9.78 Å². The Morgan fingerprint density at radius 2 is 1.34 bits per heavy atom. The molecule has 0 fully saturated rings. The first-order chi connectivity index (χ1) is 16.0. The number of benzene rings is 2. The molecule has 0 atom stereocenters. The minimum absolute atomic E-state index is 0.0722. The maximum atomic E-state index is 12.8. The Morgan fingerprint density at radius 1 is 0.800 bits per heavy atom. The molecule has 2 aromatic carbocycles. The van der Waals surface area contributed by atoms with Gasteiger partial charge in [-0.2, -0.15) is 30.4 Å². The number of aromatic amines is 1. The zero-order valence-corrected chi connectivity index (χ0v) is 19.1. The van der Waals surface area contributed by atoms with Crippen molar-refractivity contribution >= 4 is 47.7 Å². The molecule has 186 valence electrons. The van der Waals surface area contributed by atoms with Gasteiger partial charge in [-0.3, -0.25) is 23.6 Å². The lowest BCUT2D eigenvalue weighted by Gasteiger charge is -2.08. The van der Waals surface area contributed by atoms with E-state index in [4.69, 9.17) is 9.11 Å². The summed E-state index contributed by atoms with van der Waals surface area (Å²) < 4.78 is 96.3. The molecule has 0 aliphatic carbocycles. The van der Waals surface area contributed by atoms with Crippen LogP contribution in [0.5, 0.6) is 0 Å². The fourth-order valence-electron chi connectivity index (χ4n) is 2.68. The second kappa shape index (κ2) is 8.79. The lowest BCUT2D eigenvalue weighted by atomic mass is 10.3. The van der Waals surface area contributed by atoms with Crippen LogP contribution in [-0.4, -0.2) is 59.8 Å². The summed E-state index contributed by atoms with van der Waals surface area (Å²) in [5.74, 6) is -1.74. The van der Waals surface area contributed by atoms with Gasteiger partial charge < -0.3 is 5.11 Å². The van der Waals surface area contributed by atoms with Crippen LogP contribution in [0.3, 0.4) is 0 Å². The standard InChI is InChI=1S/C16H12N4O12S3/c21-15-13(18-17-8-1-3-9(4-2-8)33(24,25)26)14(16(22)23)19-20(15)11-6-5-10(34(27,28)29)7-12(11)35(30,31)32/h1-7,19H,(H,22,23)(H,24,25,26)(H,27,28,29)(H,30,31,32). The van der Waals surface area contributed by atoms with E-state index in [9.17, 15) is 44.5 Å². The molecule has 1 heterocycles. The van der Waals surface area contributed by atoms with E-state index in [1.807, 2.05) is 0 Å². The van der Waals surface area contributed by atoms with Gasteiger partial charge in [-0.15, -0.1) is 5.11 Å². The topological polar surface area (TPSA) is 263 Å². The number of azo groups is 1. The average molecular weight is 548 g/mol. The van der Waals surface area contributed by atoms with Crippen LogP contribution in [-0.2, 0) is 30.4 Å². The molecule has 0 radical (unpaired) electrons. The van der Waals surface area contributed by atoms with Gasteiger partial charge >= 0.3 is 5.97 Å². The SMILES string of the molecule is O=C(O)c1[nH]n(-c2ccc(S(=O)(=O)O)cc2S(=O)(=O)O)c(=O)c1N=Nc1ccc(S(=O)(=O)O)cc1. The Hall–Kier alpha value is -3.75. The van der Waals surface area contributed by atoms with Crippen LogP contribution < -0.4 is 5.56 Å². The van der Waals surface area contributed by atoms with E-state index in [1.165, 1.54) is 0 Å². The highest BCUT2D eigenvalue weighted by atomic mass is 32.2. The molecule has 0 aliphatic rings.